The van der Waals surface area contributed by atoms with Gasteiger partial charge in [0.2, 0.25) is 0 Å². The summed E-state index contributed by atoms with van der Waals surface area (Å²) in [5, 5.41) is 0. The second-order valence-electron chi connectivity index (χ2n) is 7.59. The lowest BCUT2D eigenvalue weighted by Crippen LogP contribution is -2.62. The summed E-state index contributed by atoms with van der Waals surface area (Å²) in [6, 6.07) is 0.501. The molecule has 0 aromatic rings. The molecule has 0 bridgehead atoms. The van der Waals surface area contributed by atoms with Gasteiger partial charge in [0.15, 0.2) is 0 Å². The molecule has 1 aliphatic heterocycles. The lowest BCUT2D eigenvalue weighted by molar-refractivity contribution is -0.0969. The molecular weight excluding hydrogens is 236 g/mol. The number of nitrogens with zero attached hydrogens (tertiary/aromatic N) is 1. The van der Waals surface area contributed by atoms with Crippen LogP contribution in [0.2, 0.25) is 0 Å². The van der Waals surface area contributed by atoms with Gasteiger partial charge in [-0.05, 0) is 44.9 Å². The van der Waals surface area contributed by atoms with Crippen LogP contribution in [0.3, 0.4) is 0 Å². The van der Waals surface area contributed by atoms with E-state index in [9.17, 15) is 0 Å². The predicted octanol–water partition coefficient (Wildman–Crippen LogP) is 2.78. The second kappa shape index (κ2) is 5.71. The fourth-order valence-electron chi connectivity index (χ4n) is 3.89. The van der Waals surface area contributed by atoms with Crippen LogP contribution in [0, 0.1) is 5.41 Å². The highest BCUT2D eigenvalue weighted by Crippen LogP contribution is 2.41. The van der Waals surface area contributed by atoms with Crippen LogP contribution in [0.15, 0.2) is 0 Å². The molecular formula is C16H32N2O. The SMILES string of the molecule is CC1CN(C2(CN)CCCC(C)(C)CC2)C(C)CO1. The van der Waals surface area contributed by atoms with E-state index in [1.54, 1.807) is 0 Å². The van der Waals surface area contributed by atoms with E-state index in [4.69, 9.17) is 10.5 Å². The van der Waals surface area contributed by atoms with Gasteiger partial charge in [0.05, 0.1) is 12.7 Å². The van der Waals surface area contributed by atoms with Crippen LogP contribution in [0.5, 0.6) is 0 Å². The minimum absolute atomic E-state index is 0.214. The summed E-state index contributed by atoms with van der Waals surface area (Å²) in [7, 11) is 0. The van der Waals surface area contributed by atoms with Crippen LogP contribution in [-0.4, -0.2) is 42.3 Å². The van der Waals surface area contributed by atoms with Crippen LogP contribution in [0.25, 0.3) is 0 Å². The number of ether oxygens (including phenoxy) is 1. The molecule has 0 amide bonds. The van der Waals surface area contributed by atoms with Gasteiger partial charge in [0.1, 0.15) is 0 Å². The zero-order chi connectivity index (χ0) is 14.1. The van der Waals surface area contributed by atoms with Crippen molar-refractivity contribution in [1.82, 2.24) is 4.90 Å². The van der Waals surface area contributed by atoms with Crippen molar-refractivity contribution in [3.63, 3.8) is 0 Å². The molecule has 1 saturated carbocycles. The Morgan fingerprint density at radius 3 is 2.58 bits per heavy atom. The van der Waals surface area contributed by atoms with E-state index < -0.39 is 0 Å². The average Bonchev–Trinajstić information content (AvgIpc) is 2.52. The zero-order valence-electron chi connectivity index (χ0n) is 13.2. The first-order chi connectivity index (χ1) is 8.88. The summed E-state index contributed by atoms with van der Waals surface area (Å²) in [5.41, 5.74) is 6.95. The molecule has 2 rings (SSSR count). The van der Waals surface area contributed by atoms with Gasteiger partial charge in [-0.2, -0.15) is 0 Å². The first-order valence-electron chi connectivity index (χ1n) is 7.97. The molecule has 112 valence electrons. The lowest BCUT2D eigenvalue weighted by atomic mass is 9.82. The van der Waals surface area contributed by atoms with Gasteiger partial charge in [-0.1, -0.05) is 20.3 Å². The molecule has 19 heavy (non-hydrogen) atoms. The summed E-state index contributed by atoms with van der Waals surface area (Å²) in [6.45, 7) is 12.0. The third-order valence-corrected chi connectivity index (χ3v) is 5.36. The van der Waals surface area contributed by atoms with Gasteiger partial charge >= 0.3 is 0 Å². The molecule has 2 N–H and O–H groups in total. The fraction of sp³-hybridized carbons (Fsp3) is 1.00. The van der Waals surface area contributed by atoms with Crippen molar-refractivity contribution in [1.29, 1.82) is 0 Å². The molecule has 1 aliphatic carbocycles. The van der Waals surface area contributed by atoms with Crippen LogP contribution in [0.4, 0.5) is 0 Å². The summed E-state index contributed by atoms with van der Waals surface area (Å²) in [6.07, 6.45) is 6.78. The van der Waals surface area contributed by atoms with Crippen LogP contribution >= 0.6 is 0 Å². The minimum Gasteiger partial charge on any atom is -0.376 e. The Morgan fingerprint density at radius 2 is 1.89 bits per heavy atom. The number of hydrogen-bond donors (Lipinski definition) is 1. The quantitative estimate of drug-likeness (QED) is 0.783. The summed E-state index contributed by atoms with van der Waals surface area (Å²) in [5.74, 6) is 0. The Hall–Kier alpha value is -0.120. The number of rotatable bonds is 2. The van der Waals surface area contributed by atoms with Crippen molar-refractivity contribution >= 4 is 0 Å². The molecule has 3 unspecified atom stereocenters. The Kier molecular flexibility index (Phi) is 4.59. The monoisotopic (exact) mass is 268 g/mol. The Labute approximate surface area is 118 Å². The standard InChI is InChI=1S/C16H32N2O/c1-13-11-19-14(2)10-18(13)16(12-17)7-5-6-15(3,4)8-9-16/h13-14H,5-12,17H2,1-4H3. The van der Waals surface area contributed by atoms with E-state index >= 15 is 0 Å². The lowest BCUT2D eigenvalue weighted by Gasteiger charge is -2.50. The van der Waals surface area contributed by atoms with Crippen molar-refractivity contribution in [3.05, 3.63) is 0 Å². The van der Waals surface area contributed by atoms with Crippen molar-refractivity contribution in [2.45, 2.75) is 77.5 Å². The molecule has 2 aliphatic rings. The third kappa shape index (κ3) is 3.32. The van der Waals surface area contributed by atoms with E-state index in [1.165, 1.54) is 32.1 Å². The van der Waals surface area contributed by atoms with Crippen molar-refractivity contribution in [2.24, 2.45) is 11.1 Å². The largest absolute Gasteiger partial charge is 0.376 e. The molecule has 0 aromatic carbocycles. The second-order valence-corrected chi connectivity index (χ2v) is 7.59. The Balaban J connectivity index is 2.16. The van der Waals surface area contributed by atoms with E-state index in [-0.39, 0.29) is 5.54 Å². The number of nitrogens with two attached hydrogens (primary N) is 1. The summed E-state index contributed by atoms with van der Waals surface area (Å²) in [4.78, 5) is 2.67. The van der Waals surface area contributed by atoms with Crippen molar-refractivity contribution < 1.29 is 4.74 Å². The van der Waals surface area contributed by atoms with E-state index in [2.05, 4.69) is 32.6 Å². The highest BCUT2D eigenvalue weighted by Gasteiger charge is 2.43. The number of hydrogen-bond acceptors (Lipinski definition) is 3. The van der Waals surface area contributed by atoms with Crippen LogP contribution in [-0.2, 0) is 4.74 Å². The predicted molar refractivity (Wildman–Crippen MR) is 80.2 cm³/mol. The summed E-state index contributed by atoms with van der Waals surface area (Å²) < 4.78 is 5.79. The van der Waals surface area contributed by atoms with Gasteiger partial charge in [0.25, 0.3) is 0 Å². The zero-order valence-corrected chi connectivity index (χ0v) is 13.2. The van der Waals surface area contributed by atoms with Gasteiger partial charge in [0, 0.05) is 24.7 Å². The molecule has 0 radical (unpaired) electrons. The molecule has 1 heterocycles. The van der Waals surface area contributed by atoms with Crippen molar-refractivity contribution in [2.75, 3.05) is 19.7 Å². The molecule has 0 spiro atoms. The molecule has 3 atom stereocenters. The third-order valence-electron chi connectivity index (χ3n) is 5.36. The van der Waals surface area contributed by atoms with Gasteiger partial charge < -0.3 is 10.5 Å². The highest BCUT2D eigenvalue weighted by atomic mass is 16.5. The van der Waals surface area contributed by atoms with Gasteiger partial charge in [-0.25, -0.2) is 0 Å². The molecule has 2 fully saturated rings. The Morgan fingerprint density at radius 1 is 1.16 bits per heavy atom. The topological polar surface area (TPSA) is 38.5 Å². The minimum atomic E-state index is 0.214. The van der Waals surface area contributed by atoms with Crippen molar-refractivity contribution in [3.8, 4) is 0 Å². The van der Waals surface area contributed by atoms with Gasteiger partial charge in [-0.15, -0.1) is 0 Å². The number of morpholine rings is 1. The molecule has 3 nitrogen and oxygen atoms in total. The first-order valence-corrected chi connectivity index (χ1v) is 7.97. The summed E-state index contributed by atoms with van der Waals surface area (Å²) >= 11 is 0. The first kappa shape index (κ1) is 15.3. The highest BCUT2D eigenvalue weighted by molar-refractivity contribution is 4.99. The Bertz CT molecular complexity index is 305. The van der Waals surface area contributed by atoms with Gasteiger partial charge in [-0.3, -0.25) is 4.90 Å². The van der Waals surface area contributed by atoms with E-state index in [1.807, 2.05) is 0 Å². The van der Waals surface area contributed by atoms with E-state index in [0.29, 0.717) is 17.6 Å². The smallest absolute Gasteiger partial charge is 0.0675 e. The molecule has 3 heteroatoms. The molecule has 0 aromatic heterocycles. The maximum Gasteiger partial charge on any atom is 0.0675 e. The molecule has 1 saturated heterocycles. The maximum atomic E-state index is 6.25. The van der Waals surface area contributed by atoms with Crippen LogP contribution < -0.4 is 5.73 Å². The fourth-order valence-corrected chi connectivity index (χ4v) is 3.89. The van der Waals surface area contributed by atoms with E-state index in [0.717, 1.165) is 19.7 Å². The van der Waals surface area contributed by atoms with Crippen LogP contribution in [0.1, 0.15) is 59.8 Å². The average molecular weight is 268 g/mol. The normalized spacial score (nSPS) is 40.9. The maximum absolute atomic E-state index is 6.25.